The summed E-state index contributed by atoms with van der Waals surface area (Å²) < 4.78 is 5.33. The number of nitrogens with zero attached hydrogens (tertiary/aromatic N) is 1. The minimum absolute atomic E-state index is 0.260. The van der Waals surface area contributed by atoms with Crippen molar-refractivity contribution in [2.75, 3.05) is 23.8 Å². The molecule has 0 aliphatic carbocycles. The van der Waals surface area contributed by atoms with Crippen LogP contribution in [0.25, 0.3) is 0 Å². The molecule has 1 heterocycles. The first-order chi connectivity index (χ1) is 11.1. The first kappa shape index (κ1) is 16.8. The molecule has 1 aromatic carbocycles. The Morgan fingerprint density at radius 2 is 1.91 bits per heavy atom. The molecule has 3 amide bonds. The van der Waals surface area contributed by atoms with Crippen LogP contribution in [0.1, 0.15) is 24.3 Å². The van der Waals surface area contributed by atoms with Crippen LogP contribution in [0, 0.1) is 0 Å². The average molecular weight is 334 g/mol. The minimum atomic E-state index is -0.425. The maximum Gasteiger partial charge on any atom is 0.325 e. The molecular weight excluding hydrogens is 316 g/mol. The van der Waals surface area contributed by atoms with Crippen LogP contribution in [0.3, 0.4) is 0 Å². The standard InChI is InChI=1S/C15H18N4O3S/c1-3-16-13(20)12-9-23-15(18-12)19-14(21)17-10-5-7-11(8-6-10)22-4-2/h5-9H,3-4H2,1-2H3,(H,16,20)(H2,17,18,19,21). The number of ether oxygens (including phenoxy) is 1. The van der Waals surface area contributed by atoms with Crippen LogP contribution in [-0.2, 0) is 0 Å². The summed E-state index contributed by atoms with van der Waals surface area (Å²) >= 11 is 1.19. The van der Waals surface area contributed by atoms with E-state index in [-0.39, 0.29) is 11.6 Å². The van der Waals surface area contributed by atoms with Crippen LogP contribution in [0.4, 0.5) is 15.6 Å². The van der Waals surface area contributed by atoms with Gasteiger partial charge in [-0.25, -0.2) is 9.78 Å². The van der Waals surface area contributed by atoms with Crippen LogP contribution in [0.2, 0.25) is 0 Å². The second kappa shape index (κ2) is 8.14. The number of carbonyl (C=O) groups is 2. The fourth-order valence-corrected chi connectivity index (χ4v) is 2.43. The number of anilines is 2. The molecule has 2 rings (SSSR count). The Morgan fingerprint density at radius 3 is 2.57 bits per heavy atom. The van der Waals surface area contributed by atoms with Gasteiger partial charge >= 0.3 is 6.03 Å². The molecule has 2 aromatic rings. The van der Waals surface area contributed by atoms with Gasteiger partial charge in [0.25, 0.3) is 5.91 Å². The summed E-state index contributed by atoms with van der Waals surface area (Å²) in [6, 6.07) is 6.61. The van der Waals surface area contributed by atoms with Gasteiger partial charge in [-0.1, -0.05) is 0 Å². The lowest BCUT2D eigenvalue weighted by molar-refractivity contribution is 0.0951. The van der Waals surface area contributed by atoms with Gasteiger partial charge in [0.1, 0.15) is 11.4 Å². The van der Waals surface area contributed by atoms with E-state index < -0.39 is 6.03 Å². The number of amides is 3. The summed E-state index contributed by atoms with van der Waals surface area (Å²) in [4.78, 5) is 27.6. The van der Waals surface area contributed by atoms with Crippen molar-refractivity contribution in [3.8, 4) is 5.75 Å². The summed E-state index contributed by atoms with van der Waals surface area (Å²) in [5.74, 6) is 0.480. The highest BCUT2D eigenvalue weighted by atomic mass is 32.1. The van der Waals surface area contributed by atoms with Gasteiger partial charge in [-0.2, -0.15) is 0 Å². The number of nitrogens with one attached hydrogen (secondary N) is 3. The van der Waals surface area contributed by atoms with Crippen molar-refractivity contribution in [2.45, 2.75) is 13.8 Å². The minimum Gasteiger partial charge on any atom is -0.494 e. The van der Waals surface area contributed by atoms with Crippen molar-refractivity contribution in [3.05, 3.63) is 35.3 Å². The lowest BCUT2D eigenvalue weighted by Crippen LogP contribution is -2.23. The molecular formula is C15H18N4O3S. The van der Waals surface area contributed by atoms with Crippen LogP contribution in [0.15, 0.2) is 29.6 Å². The number of urea groups is 1. The summed E-state index contributed by atoms with van der Waals surface area (Å²) in [6.45, 7) is 4.85. The Hall–Kier alpha value is -2.61. The van der Waals surface area contributed by atoms with Gasteiger partial charge in [-0.3, -0.25) is 10.1 Å². The molecule has 0 fully saturated rings. The first-order valence-corrected chi connectivity index (χ1v) is 8.05. The molecule has 0 aliphatic rings. The van der Waals surface area contributed by atoms with E-state index in [4.69, 9.17) is 4.74 Å². The predicted octanol–water partition coefficient (Wildman–Crippen LogP) is 2.94. The van der Waals surface area contributed by atoms with E-state index in [1.807, 2.05) is 13.8 Å². The number of rotatable bonds is 6. The quantitative estimate of drug-likeness (QED) is 0.757. The van der Waals surface area contributed by atoms with Crippen LogP contribution in [0.5, 0.6) is 5.75 Å². The molecule has 7 nitrogen and oxygen atoms in total. The largest absolute Gasteiger partial charge is 0.494 e. The molecule has 0 bridgehead atoms. The van der Waals surface area contributed by atoms with Gasteiger partial charge in [-0.15, -0.1) is 11.3 Å². The summed E-state index contributed by atoms with van der Waals surface area (Å²) in [5, 5.41) is 9.88. The maximum atomic E-state index is 11.9. The topological polar surface area (TPSA) is 92.4 Å². The molecule has 122 valence electrons. The second-order valence-corrected chi connectivity index (χ2v) is 5.29. The van der Waals surface area contributed by atoms with Crippen molar-refractivity contribution >= 4 is 34.1 Å². The number of carbonyl (C=O) groups excluding carboxylic acids is 2. The molecule has 8 heteroatoms. The molecule has 0 spiro atoms. The number of benzene rings is 1. The number of thiazole rings is 1. The van der Waals surface area contributed by atoms with Crippen molar-refractivity contribution in [1.29, 1.82) is 0 Å². The van der Waals surface area contributed by atoms with E-state index in [1.54, 1.807) is 29.6 Å². The van der Waals surface area contributed by atoms with Gasteiger partial charge in [0, 0.05) is 17.6 Å². The monoisotopic (exact) mass is 334 g/mol. The Bertz CT molecular complexity index is 670. The molecule has 3 N–H and O–H groups in total. The fourth-order valence-electron chi connectivity index (χ4n) is 1.75. The lowest BCUT2D eigenvalue weighted by Gasteiger charge is -2.07. The molecule has 0 saturated heterocycles. The molecule has 23 heavy (non-hydrogen) atoms. The Labute approximate surface area is 138 Å². The van der Waals surface area contributed by atoms with E-state index in [0.29, 0.717) is 24.0 Å². The highest BCUT2D eigenvalue weighted by molar-refractivity contribution is 7.14. The Balaban J connectivity index is 1.90. The zero-order valence-corrected chi connectivity index (χ0v) is 13.7. The molecule has 0 atom stereocenters. The average Bonchev–Trinajstić information content (AvgIpc) is 2.98. The fraction of sp³-hybridized carbons (Fsp3) is 0.267. The summed E-state index contributed by atoms with van der Waals surface area (Å²) in [6.07, 6.45) is 0. The second-order valence-electron chi connectivity index (χ2n) is 4.43. The third kappa shape index (κ3) is 4.96. The van der Waals surface area contributed by atoms with Gasteiger partial charge < -0.3 is 15.4 Å². The van der Waals surface area contributed by atoms with E-state index in [9.17, 15) is 9.59 Å². The predicted molar refractivity (Wildman–Crippen MR) is 90.4 cm³/mol. The van der Waals surface area contributed by atoms with Crippen molar-refractivity contribution in [3.63, 3.8) is 0 Å². The van der Waals surface area contributed by atoms with E-state index in [0.717, 1.165) is 5.75 Å². The zero-order valence-electron chi connectivity index (χ0n) is 12.9. The van der Waals surface area contributed by atoms with Crippen molar-refractivity contribution in [2.24, 2.45) is 0 Å². The molecule has 0 radical (unpaired) electrons. The normalized spacial score (nSPS) is 10.0. The number of hydrogen-bond donors (Lipinski definition) is 3. The van der Waals surface area contributed by atoms with E-state index >= 15 is 0 Å². The third-order valence-electron chi connectivity index (χ3n) is 2.72. The van der Waals surface area contributed by atoms with Crippen molar-refractivity contribution < 1.29 is 14.3 Å². The van der Waals surface area contributed by atoms with Crippen LogP contribution >= 0.6 is 11.3 Å². The highest BCUT2D eigenvalue weighted by Crippen LogP contribution is 2.18. The number of hydrogen-bond acceptors (Lipinski definition) is 5. The SMILES string of the molecule is CCNC(=O)c1csc(NC(=O)Nc2ccc(OCC)cc2)n1. The molecule has 0 saturated carbocycles. The van der Waals surface area contributed by atoms with E-state index in [2.05, 4.69) is 20.9 Å². The molecule has 0 aliphatic heterocycles. The van der Waals surface area contributed by atoms with E-state index in [1.165, 1.54) is 11.3 Å². The van der Waals surface area contributed by atoms with Gasteiger partial charge in [0.05, 0.1) is 6.61 Å². The number of aromatic nitrogens is 1. The van der Waals surface area contributed by atoms with Gasteiger partial charge in [0.15, 0.2) is 5.13 Å². The Kier molecular flexibility index (Phi) is 5.93. The molecule has 1 aromatic heterocycles. The summed E-state index contributed by atoms with van der Waals surface area (Å²) in [5.41, 5.74) is 0.916. The summed E-state index contributed by atoms with van der Waals surface area (Å²) in [7, 11) is 0. The zero-order chi connectivity index (χ0) is 16.7. The van der Waals surface area contributed by atoms with Crippen LogP contribution < -0.4 is 20.7 Å². The lowest BCUT2D eigenvalue weighted by atomic mass is 10.3. The third-order valence-corrected chi connectivity index (χ3v) is 3.48. The smallest absolute Gasteiger partial charge is 0.325 e. The van der Waals surface area contributed by atoms with Crippen molar-refractivity contribution in [1.82, 2.24) is 10.3 Å². The van der Waals surface area contributed by atoms with Gasteiger partial charge in [-0.05, 0) is 38.1 Å². The highest BCUT2D eigenvalue weighted by Gasteiger charge is 2.11. The van der Waals surface area contributed by atoms with Crippen LogP contribution in [-0.4, -0.2) is 30.1 Å². The Morgan fingerprint density at radius 1 is 1.17 bits per heavy atom. The molecule has 0 unspecified atom stereocenters. The maximum absolute atomic E-state index is 11.9. The first-order valence-electron chi connectivity index (χ1n) is 7.17. The van der Waals surface area contributed by atoms with Gasteiger partial charge in [0.2, 0.25) is 0 Å².